The summed E-state index contributed by atoms with van der Waals surface area (Å²) >= 11 is 0. The second-order valence-electron chi connectivity index (χ2n) is 4.96. The van der Waals surface area contributed by atoms with Crippen LogP contribution in [0.1, 0.15) is 26.7 Å². The summed E-state index contributed by atoms with van der Waals surface area (Å²) in [6.45, 7) is 4.44. The van der Waals surface area contributed by atoms with Crippen molar-refractivity contribution < 1.29 is 5.11 Å². The molecule has 0 aliphatic heterocycles. The molecule has 2 rings (SSSR count). The highest BCUT2D eigenvalue weighted by Gasteiger charge is 2.39. The summed E-state index contributed by atoms with van der Waals surface area (Å²) < 4.78 is 0. The summed E-state index contributed by atoms with van der Waals surface area (Å²) in [6, 6.07) is 2.33. The number of aliphatic hydroxyl groups is 1. The summed E-state index contributed by atoms with van der Waals surface area (Å²) in [7, 11) is 0. The van der Waals surface area contributed by atoms with Crippen LogP contribution in [0.3, 0.4) is 0 Å². The third-order valence-corrected chi connectivity index (χ3v) is 4.00. The lowest BCUT2D eigenvalue weighted by atomic mass is 9.77. The van der Waals surface area contributed by atoms with E-state index in [1.807, 2.05) is 6.08 Å². The van der Waals surface area contributed by atoms with Gasteiger partial charge in [-0.2, -0.15) is 5.26 Å². The van der Waals surface area contributed by atoms with Crippen molar-refractivity contribution in [3.05, 3.63) is 23.3 Å². The average Bonchev–Trinajstić information content (AvgIpc) is 2.59. The molecule has 0 aromatic heterocycles. The van der Waals surface area contributed by atoms with Crippen molar-refractivity contribution in [3.8, 4) is 6.07 Å². The standard InChI is InChI=1S/C13H17NO/c1-9-10(7-14)3-4-12-11(9)5-6-13(12,2)8-15/h3-4,9-10,15H,5-6,8H2,1-2H3/t9-,10?,13?/m0/s1. The van der Waals surface area contributed by atoms with Crippen LogP contribution < -0.4 is 0 Å². The Hall–Kier alpha value is -1.07. The highest BCUT2D eigenvalue weighted by atomic mass is 16.3. The lowest BCUT2D eigenvalue weighted by molar-refractivity contribution is 0.177. The van der Waals surface area contributed by atoms with Crippen molar-refractivity contribution in [2.45, 2.75) is 26.7 Å². The average molecular weight is 203 g/mol. The molecule has 2 heteroatoms. The predicted molar refractivity (Wildman–Crippen MR) is 58.9 cm³/mol. The smallest absolute Gasteiger partial charge is 0.0709 e. The number of rotatable bonds is 1. The van der Waals surface area contributed by atoms with Crippen LogP contribution in [0.15, 0.2) is 23.3 Å². The van der Waals surface area contributed by atoms with Crippen LogP contribution >= 0.6 is 0 Å². The van der Waals surface area contributed by atoms with Gasteiger partial charge in [0.2, 0.25) is 0 Å². The van der Waals surface area contributed by atoms with Crippen molar-refractivity contribution in [3.63, 3.8) is 0 Å². The topological polar surface area (TPSA) is 44.0 Å². The molecule has 0 spiro atoms. The molecular weight excluding hydrogens is 186 g/mol. The first kappa shape index (κ1) is 10.4. The molecule has 1 N–H and O–H groups in total. The van der Waals surface area contributed by atoms with E-state index in [0.717, 1.165) is 12.8 Å². The van der Waals surface area contributed by atoms with Crippen LogP contribution in [0.5, 0.6) is 0 Å². The minimum atomic E-state index is -0.0689. The fraction of sp³-hybridized carbons (Fsp3) is 0.615. The van der Waals surface area contributed by atoms with Gasteiger partial charge in [0, 0.05) is 5.41 Å². The molecule has 80 valence electrons. The lowest BCUT2D eigenvalue weighted by Crippen LogP contribution is -2.22. The third kappa shape index (κ3) is 1.42. The molecular formula is C13H17NO. The van der Waals surface area contributed by atoms with Crippen LogP contribution in [0.4, 0.5) is 0 Å². The first-order valence-corrected chi connectivity index (χ1v) is 5.54. The number of aliphatic hydroxyl groups excluding tert-OH is 1. The fourth-order valence-corrected chi connectivity index (χ4v) is 2.75. The first-order valence-electron chi connectivity index (χ1n) is 5.54. The van der Waals surface area contributed by atoms with Crippen molar-refractivity contribution in [2.75, 3.05) is 6.61 Å². The first-order chi connectivity index (χ1) is 7.12. The van der Waals surface area contributed by atoms with Crippen LogP contribution in [0, 0.1) is 28.6 Å². The second-order valence-corrected chi connectivity index (χ2v) is 4.96. The van der Waals surface area contributed by atoms with E-state index in [4.69, 9.17) is 5.26 Å². The molecule has 0 fully saturated rings. The molecule has 3 atom stereocenters. The molecule has 0 heterocycles. The van der Waals surface area contributed by atoms with Gasteiger partial charge in [0.25, 0.3) is 0 Å². The number of hydrogen-bond donors (Lipinski definition) is 1. The van der Waals surface area contributed by atoms with Gasteiger partial charge in [0.1, 0.15) is 0 Å². The Labute approximate surface area is 90.9 Å². The minimum absolute atomic E-state index is 0.0183. The van der Waals surface area contributed by atoms with Crippen LogP contribution in [-0.4, -0.2) is 11.7 Å². The van der Waals surface area contributed by atoms with E-state index < -0.39 is 0 Å². The molecule has 0 radical (unpaired) electrons. The molecule has 2 aliphatic rings. The van der Waals surface area contributed by atoms with Crippen LogP contribution in [0.25, 0.3) is 0 Å². The van der Waals surface area contributed by atoms with E-state index in [-0.39, 0.29) is 17.9 Å². The Bertz CT molecular complexity index is 374. The molecule has 2 nitrogen and oxygen atoms in total. The Kier molecular flexibility index (Phi) is 2.44. The van der Waals surface area contributed by atoms with Gasteiger partial charge in [-0.1, -0.05) is 31.6 Å². The summed E-state index contributed by atoms with van der Waals surface area (Å²) in [5.41, 5.74) is 2.60. The highest BCUT2D eigenvalue weighted by molar-refractivity contribution is 5.42. The van der Waals surface area contributed by atoms with E-state index >= 15 is 0 Å². The van der Waals surface area contributed by atoms with Crippen LogP contribution in [0.2, 0.25) is 0 Å². The summed E-state index contributed by atoms with van der Waals surface area (Å²) in [4.78, 5) is 0. The van der Waals surface area contributed by atoms with E-state index in [0.29, 0.717) is 5.92 Å². The molecule has 0 bridgehead atoms. The molecule has 2 aliphatic carbocycles. The van der Waals surface area contributed by atoms with Gasteiger partial charge in [-0.15, -0.1) is 0 Å². The lowest BCUT2D eigenvalue weighted by Gasteiger charge is -2.28. The summed E-state index contributed by atoms with van der Waals surface area (Å²) in [5, 5.41) is 18.4. The zero-order valence-corrected chi connectivity index (χ0v) is 9.33. The van der Waals surface area contributed by atoms with Gasteiger partial charge in [-0.3, -0.25) is 0 Å². The summed E-state index contributed by atoms with van der Waals surface area (Å²) in [5.74, 6) is 0.341. The largest absolute Gasteiger partial charge is 0.395 e. The fourth-order valence-electron chi connectivity index (χ4n) is 2.75. The molecule has 0 amide bonds. The van der Waals surface area contributed by atoms with E-state index in [1.165, 1.54) is 11.1 Å². The zero-order valence-electron chi connectivity index (χ0n) is 9.33. The maximum atomic E-state index is 9.44. The van der Waals surface area contributed by atoms with Crippen molar-refractivity contribution in [2.24, 2.45) is 17.3 Å². The Morgan fingerprint density at radius 3 is 3.00 bits per heavy atom. The Morgan fingerprint density at radius 2 is 2.40 bits per heavy atom. The molecule has 0 saturated heterocycles. The van der Waals surface area contributed by atoms with Gasteiger partial charge in [-0.25, -0.2) is 0 Å². The number of nitrogens with zero attached hydrogens (tertiary/aromatic N) is 1. The van der Waals surface area contributed by atoms with Crippen molar-refractivity contribution in [1.82, 2.24) is 0 Å². The maximum Gasteiger partial charge on any atom is 0.0709 e. The monoisotopic (exact) mass is 203 g/mol. The van der Waals surface area contributed by atoms with Gasteiger partial charge >= 0.3 is 0 Å². The van der Waals surface area contributed by atoms with Crippen molar-refractivity contribution >= 4 is 0 Å². The minimum Gasteiger partial charge on any atom is -0.395 e. The second kappa shape index (κ2) is 3.50. The SMILES string of the molecule is C[C@@H]1C2=C(C=CC1C#N)C(C)(CO)CC2. The number of allylic oxidation sites excluding steroid dienone is 3. The molecule has 15 heavy (non-hydrogen) atoms. The number of nitriles is 1. The Morgan fingerprint density at radius 1 is 1.67 bits per heavy atom. The molecule has 0 aromatic carbocycles. The molecule has 2 unspecified atom stereocenters. The zero-order chi connectivity index (χ0) is 11.1. The number of hydrogen-bond acceptors (Lipinski definition) is 2. The maximum absolute atomic E-state index is 9.44. The quantitative estimate of drug-likeness (QED) is 0.711. The highest BCUT2D eigenvalue weighted by Crippen LogP contribution is 2.49. The van der Waals surface area contributed by atoms with Gasteiger partial charge in [0.05, 0.1) is 18.6 Å². The molecule has 0 aromatic rings. The third-order valence-electron chi connectivity index (χ3n) is 4.00. The summed E-state index contributed by atoms with van der Waals surface area (Å²) in [6.07, 6.45) is 6.10. The van der Waals surface area contributed by atoms with Gasteiger partial charge in [-0.05, 0) is 24.3 Å². The normalized spacial score (nSPS) is 39.1. The molecule has 0 saturated carbocycles. The van der Waals surface area contributed by atoms with Crippen LogP contribution in [-0.2, 0) is 0 Å². The van der Waals surface area contributed by atoms with E-state index in [9.17, 15) is 5.11 Å². The van der Waals surface area contributed by atoms with Crippen molar-refractivity contribution in [1.29, 1.82) is 5.26 Å². The predicted octanol–water partition coefficient (Wildman–Crippen LogP) is 2.42. The van der Waals surface area contributed by atoms with E-state index in [2.05, 4.69) is 26.0 Å². The Balaban J connectivity index is 2.37. The van der Waals surface area contributed by atoms with Gasteiger partial charge < -0.3 is 5.11 Å². The van der Waals surface area contributed by atoms with Gasteiger partial charge in [0.15, 0.2) is 0 Å². The van der Waals surface area contributed by atoms with E-state index in [1.54, 1.807) is 0 Å².